The van der Waals surface area contributed by atoms with E-state index in [1.165, 1.54) is 6.07 Å². The highest BCUT2D eigenvalue weighted by molar-refractivity contribution is 5.32. The van der Waals surface area contributed by atoms with Gasteiger partial charge in [0, 0.05) is 5.56 Å². The molecular formula is C12H14FNO. The standard InChI is InChI=1S/C12H14FNO/c1-12(2,3)15-8-10-5-4-9(7-14)6-11(10)13/h4-6H,8H2,1-3H3. The molecule has 3 heteroatoms. The van der Waals surface area contributed by atoms with Crippen LogP contribution in [0.5, 0.6) is 0 Å². The van der Waals surface area contributed by atoms with Gasteiger partial charge >= 0.3 is 0 Å². The van der Waals surface area contributed by atoms with Gasteiger partial charge in [-0.15, -0.1) is 0 Å². The third kappa shape index (κ3) is 3.69. The lowest BCUT2D eigenvalue weighted by Gasteiger charge is -2.19. The summed E-state index contributed by atoms with van der Waals surface area (Å²) < 4.78 is 18.8. The summed E-state index contributed by atoms with van der Waals surface area (Å²) in [5.41, 5.74) is 0.510. The SMILES string of the molecule is CC(C)(C)OCc1ccc(C#N)cc1F. The molecule has 80 valence electrons. The van der Waals surface area contributed by atoms with Gasteiger partial charge in [-0.2, -0.15) is 5.26 Å². The van der Waals surface area contributed by atoms with E-state index in [0.29, 0.717) is 11.1 Å². The van der Waals surface area contributed by atoms with E-state index >= 15 is 0 Å². The fourth-order valence-electron chi connectivity index (χ4n) is 1.03. The molecule has 0 aromatic heterocycles. The zero-order valence-corrected chi connectivity index (χ0v) is 9.17. The molecule has 2 nitrogen and oxygen atoms in total. The number of nitriles is 1. The number of halogens is 1. The molecule has 0 atom stereocenters. The van der Waals surface area contributed by atoms with Gasteiger partial charge < -0.3 is 4.74 Å². The summed E-state index contributed by atoms with van der Waals surface area (Å²) in [6.07, 6.45) is 0. The Morgan fingerprint density at radius 3 is 2.53 bits per heavy atom. The summed E-state index contributed by atoms with van der Waals surface area (Å²) in [6, 6.07) is 6.28. The van der Waals surface area contributed by atoms with E-state index < -0.39 is 5.82 Å². The zero-order valence-electron chi connectivity index (χ0n) is 9.17. The molecule has 15 heavy (non-hydrogen) atoms. The summed E-state index contributed by atoms with van der Waals surface area (Å²) in [7, 11) is 0. The molecule has 0 saturated heterocycles. The highest BCUT2D eigenvalue weighted by Crippen LogP contribution is 2.15. The lowest BCUT2D eigenvalue weighted by molar-refractivity contribution is -0.0161. The van der Waals surface area contributed by atoms with E-state index in [0.717, 1.165) is 0 Å². The molecule has 0 spiro atoms. The first-order chi connectivity index (χ1) is 6.92. The fraction of sp³-hybridized carbons (Fsp3) is 0.417. The fourth-order valence-corrected chi connectivity index (χ4v) is 1.03. The summed E-state index contributed by atoms with van der Waals surface area (Å²) in [5, 5.41) is 8.56. The molecule has 1 aromatic carbocycles. The molecule has 0 aliphatic heterocycles. The Morgan fingerprint density at radius 2 is 2.07 bits per heavy atom. The molecule has 0 unspecified atom stereocenters. The van der Waals surface area contributed by atoms with Crippen molar-refractivity contribution in [3.8, 4) is 6.07 Å². The van der Waals surface area contributed by atoms with Gasteiger partial charge in [0.25, 0.3) is 0 Å². The number of hydrogen-bond donors (Lipinski definition) is 0. The Labute approximate surface area is 89.3 Å². The smallest absolute Gasteiger partial charge is 0.130 e. The monoisotopic (exact) mass is 207 g/mol. The van der Waals surface area contributed by atoms with Crippen LogP contribution in [0.15, 0.2) is 18.2 Å². The maximum absolute atomic E-state index is 13.4. The average molecular weight is 207 g/mol. The Morgan fingerprint density at radius 1 is 1.40 bits per heavy atom. The van der Waals surface area contributed by atoms with Crippen LogP contribution >= 0.6 is 0 Å². The first-order valence-electron chi connectivity index (χ1n) is 4.75. The van der Waals surface area contributed by atoms with Crippen LogP contribution in [0, 0.1) is 17.1 Å². The van der Waals surface area contributed by atoms with Crippen molar-refractivity contribution in [3.63, 3.8) is 0 Å². The minimum absolute atomic E-state index is 0.223. The van der Waals surface area contributed by atoms with Crippen molar-refractivity contribution in [1.29, 1.82) is 5.26 Å². The molecule has 0 fully saturated rings. The van der Waals surface area contributed by atoms with Gasteiger partial charge in [-0.25, -0.2) is 4.39 Å². The van der Waals surface area contributed by atoms with Gasteiger partial charge in [-0.05, 0) is 32.9 Å². The molecule has 0 N–H and O–H groups in total. The zero-order chi connectivity index (χ0) is 11.5. The van der Waals surface area contributed by atoms with Crippen molar-refractivity contribution >= 4 is 0 Å². The third-order valence-electron chi connectivity index (χ3n) is 1.84. The molecule has 0 radical (unpaired) electrons. The van der Waals surface area contributed by atoms with Crippen LogP contribution < -0.4 is 0 Å². The van der Waals surface area contributed by atoms with Gasteiger partial charge in [0.2, 0.25) is 0 Å². The molecule has 0 aliphatic carbocycles. The van der Waals surface area contributed by atoms with Gasteiger partial charge in [0.1, 0.15) is 5.82 Å². The van der Waals surface area contributed by atoms with Gasteiger partial charge in [-0.1, -0.05) is 6.07 Å². The van der Waals surface area contributed by atoms with E-state index in [1.54, 1.807) is 12.1 Å². The van der Waals surface area contributed by atoms with E-state index in [-0.39, 0.29) is 12.2 Å². The first-order valence-corrected chi connectivity index (χ1v) is 4.75. The molecule has 1 rings (SSSR count). The average Bonchev–Trinajstić information content (AvgIpc) is 2.14. The second kappa shape index (κ2) is 4.41. The molecule has 0 bridgehead atoms. The number of benzene rings is 1. The number of ether oxygens (including phenoxy) is 1. The molecule has 0 heterocycles. The lowest BCUT2D eigenvalue weighted by atomic mass is 10.1. The number of nitrogens with zero attached hydrogens (tertiary/aromatic N) is 1. The molecule has 1 aromatic rings. The topological polar surface area (TPSA) is 33.0 Å². The normalized spacial score (nSPS) is 11.1. The largest absolute Gasteiger partial charge is 0.371 e. The number of rotatable bonds is 2. The van der Waals surface area contributed by atoms with Crippen LogP contribution in [0.4, 0.5) is 4.39 Å². The van der Waals surface area contributed by atoms with Crippen LogP contribution in [0.2, 0.25) is 0 Å². The molecule has 0 aliphatic rings. The highest BCUT2D eigenvalue weighted by atomic mass is 19.1. The lowest BCUT2D eigenvalue weighted by Crippen LogP contribution is -2.19. The maximum Gasteiger partial charge on any atom is 0.130 e. The molecular weight excluding hydrogens is 193 g/mol. The van der Waals surface area contributed by atoms with Crippen molar-refractivity contribution in [1.82, 2.24) is 0 Å². The quantitative estimate of drug-likeness (QED) is 0.746. The highest BCUT2D eigenvalue weighted by Gasteiger charge is 2.12. The van der Waals surface area contributed by atoms with Crippen molar-refractivity contribution in [2.75, 3.05) is 0 Å². The van der Waals surface area contributed by atoms with E-state index in [1.807, 2.05) is 26.8 Å². The van der Waals surface area contributed by atoms with Crippen molar-refractivity contribution in [3.05, 3.63) is 35.1 Å². The van der Waals surface area contributed by atoms with Gasteiger partial charge in [0.05, 0.1) is 23.8 Å². The van der Waals surface area contributed by atoms with E-state index in [4.69, 9.17) is 10.00 Å². The van der Waals surface area contributed by atoms with Crippen LogP contribution in [-0.4, -0.2) is 5.60 Å². The van der Waals surface area contributed by atoms with Gasteiger partial charge in [0.15, 0.2) is 0 Å². The Bertz CT molecular complexity index is 388. The third-order valence-corrected chi connectivity index (χ3v) is 1.84. The Balaban J connectivity index is 2.76. The first kappa shape index (κ1) is 11.7. The van der Waals surface area contributed by atoms with Crippen molar-refractivity contribution in [2.45, 2.75) is 33.0 Å². The van der Waals surface area contributed by atoms with Crippen LogP contribution in [0.3, 0.4) is 0 Å². The molecule has 0 saturated carbocycles. The minimum atomic E-state index is -0.390. The van der Waals surface area contributed by atoms with Crippen LogP contribution in [0.1, 0.15) is 31.9 Å². The van der Waals surface area contributed by atoms with Crippen LogP contribution in [0.25, 0.3) is 0 Å². The second-order valence-corrected chi connectivity index (χ2v) is 4.32. The van der Waals surface area contributed by atoms with Crippen molar-refractivity contribution in [2.24, 2.45) is 0 Å². The second-order valence-electron chi connectivity index (χ2n) is 4.32. The number of hydrogen-bond acceptors (Lipinski definition) is 2. The summed E-state index contributed by atoms with van der Waals surface area (Å²) in [4.78, 5) is 0. The summed E-state index contributed by atoms with van der Waals surface area (Å²) >= 11 is 0. The van der Waals surface area contributed by atoms with E-state index in [2.05, 4.69) is 0 Å². The van der Waals surface area contributed by atoms with Crippen LogP contribution in [-0.2, 0) is 11.3 Å². The van der Waals surface area contributed by atoms with Crippen molar-refractivity contribution < 1.29 is 9.13 Å². The predicted octanol–water partition coefficient (Wildman–Crippen LogP) is 3.01. The van der Waals surface area contributed by atoms with E-state index in [9.17, 15) is 4.39 Å². The maximum atomic E-state index is 13.4. The Kier molecular flexibility index (Phi) is 3.43. The van der Waals surface area contributed by atoms with Gasteiger partial charge in [-0.3, -0.25) is 0 Å². The summed E-state index contributed by atoms with van der Waals surface area (Å²) in [5.74, 6) is -0.390. The summed E-state index contributed by atoms with van der Waals surface area (Å²) in [6.45, 7) is 5.96. The predicted molar refractivity (Wildman–Crippen MR) is 55.7 cm³/mol. The minimum Gasteiger partial charge on any atom is -0.371 e. The molecule has 0 amide bonds. The Hall–Kier alpha value is -1.40.